The van der Waals surface area contributed by atoms with Crippen LogP contribution >= 0.6 is 11.3 Å². The molecule has 2 heterocycles. The molecule has 3 rings (SSSR count). The number of aromatic nitrogens is 1. The summed E-state index contributed by atoms with van der Waals surface area (Å²) in [5.41, 5.74) is 0.00788. The lowest BCUT2D eigenvalue weighted by Gasteiger charge is -2.24. The molecule has 0 aliphatic heterocycles. The van der Waals surface area contributed by atoms with Crippen molar-refractivity contribution in [1.82, 2.24) is 4.57 Å². The number of hydrogen-bond donors (Lipinski definition) is 0. The lowest BCUT2D eigenvalue weighted by molar-refractivity contribution is -0.137. The van der Waals surface area contributed by atoms with Gasteiger partial charge in [-0.3, -0.25) is 19.2 Å². The maximum absolute atomic E-state index is 13.9. The zero-order chi connectivity index (χ0) is 25.3. The van der Waals surface area contributed by atoms with E-state index < -0.39 is 35.2 Å². The molecule has 3 aromatic rings. The summed E-state index contributed by atoms with van der Waals surface area (Å²) in [7, 11) is 3.06. The Morgan fingerprint density at radius 1 is 1.03 bits per heavy atom. The molecule has 1 aromatic carbocycles. The number of aryl methyl sites for hydroxylation is 2. The lowest BCUT2D eigenvalue weighted by atomic mass is 10.1. The Hall–Kier alpha value is -3.46. The summed E-state index contributed by atoms with van der Waals surface area (Å²) in [6.07, 6.45) is 0. The van der Waals surface area contributed by atoms with Crippen molar-refractivity contribution < 1.29 is 23.9 Å². The number of methoxy groups -OCH3 is 1. The zero-order valence-electron chi connectivity index (χ0n) is 20.3. The third kappa shape index (κ3) is 4.48. The second-order valence-corrected chi connectivity index (χ2v) is 9.43. The van der Waals surface area contributed by atoms with E-state index in [1.807, 2.05) is 12.3 Å². The van der Waals surface area contributed by atoms with Gasteiger partial charge in [0.2, 0.25) is 5.91 Å². The number of ether oxygens (including phenoxy) is 2. The van der Waals surface area contributed by atoms with Crippen molar-refractivity contribution in [3.63, 3.8) is 0 Å². The van der Waals surface area contributed by atoms with Gasteiger partial charge in [0.15, 0.2) is 5.75 Å². The van der Waals surface area contributed by atoms with Gasteiger partial charge in [0.1, 0.15) is 16.1 Å². The molecular formula is C25H28N2O6S. The Bertz CT molecular complexity index is 1320. The number of carbonyl (C=O) groups is 3. The number of amides is 2. The Labute approximate surface area is 201 Å². The number of carbonyl (C=O) groups excluding carboxylic acids is 3. The maximum atomic E-state index is 13.9. The van der Waals surface area contributed by atoms with Gasteiger partial charge in [0.05, 0.1) is 24.1 Å². The molecule has 0 unspecified atom stereocenters. The van der Waals surface area contributed by atoms with Crippen molar-refractivity contribution >= 4 is 45.0 Å². The molecule has 0 aliphatic carbocycles. The zero-order valence-corrected chi connectivity index (χ0v) is 21.1. The van der Waals surface area contributed by atoms with Crippen molar-refractivity contribution in [2.24, 2.45) is 18.9 Å². The van der Waals surface area contributed by atoms with Crippen LogP contribution in [0.1, 0.15) is 43.6 Å². The number of hydrogen-bond acceptors (Lipinski definition) is 7. The molecule has 0 saturated carbocycles. The predicted octanol–water partition coefficient (Wildman–Crippen LogP) is 4.31. The molecule has 0 N–H and O–H groups in total. The van der Waals surface area contributed by atoms with E-state index in [1.54, 1.807) is 59.0 Å². The minimum atomic E-state index is -0.858. The van der Waals surface area contributed by atoms with Gasteiger partial charge in [0, 0.05) is 13.0 Å². The van der Waals surface area contributed by atoms with Crippen molar-refractivity contribution in [3.05, 3.63) is 51.1 Å². The smallest absolute Gasteiger partial charge is 0.313 e. The molecule has 0 bridgehead atoms. The van der Waals surface area contributed by atoms with Crippen LogP contribution in [0.15, 0.2) is 34.4 Å². The molecule has 2 aromatic heterocycles. The van der Waals surface area contributed by atoms with Gasteiger partial charge in [-0.2, -0.15) is 0 Å². The molecule has 0 saturated heterocycles. The molecular weight excluding hydrogens is 456 g/mol. The van der Waals surface area contributed by atoms with Crippen LogP contribution in [0.2, 0.25) is 0 Å². The standard InChI is InChI=1S/C25H28N2O6S/c1-13(2)21(28)27(16-8-10-17(32-7)11-9-16)23(30)19-20(33-25(31)14(3)4)18-15(5)12-34-24(18)26(6)22(19)29/h8-14H,1-7H3. The maximum Gasteiger partial charge on any atom is 0.313 e. The second kappa shape index (κ2) is 9.80. The SMILES string of the molecule is COc1ccc(N(C(=O)c2c(OC(=O)C(C)C)c3c(C)csc3n(C)c2=O)C(=O)C(C)C)cc1. The van der Waals surface area contributed by atoms with E-state index in [0.29, 0.717) is 16.0 Å². The van der Waals surface area contributed by atoms with Crippen LogP contribution in [-0.4, -0.2) is 29.5 Å². The Morgan fingerprint density at radius 3 is 2.18 bits per heavy atom. The second-order valence-electron chi connectivity index (χ2n) is 8.57. The Morgan fingerprint density at radius 2 is 1.65 bits per heavy atom. The first-order valence-corrected chi connectivity index (χ1v) is 11.7. The summed E-state index contributed by atoms with van der Waals surface area (Å²) in [5, 5.41) is 2.32. The van der Waals surface area contributed by atoms with Crippen molar-refractivity contribution in [2.75, 3.05) is 12.0 Å². The minimum Gasteiger partial charge on any atom is -0.497 e. The average Bonchev–Trinajstić information content (AvgIpc) is 3.19. The van der Waals surface area contributed by atoms with Crippen LogP contribution in [-0.2, 0) is 16.6 Å². The van der Waals surface area contributed by atoms with Crippen LogP contribution in [0.5, 0.6) is 11.5 Å². The lowest BCUT2D eigenvalue weighted by Crippen LogP contribution is -2.43. The third-order valence-corrected chi connectivity index (χ3v) is 6.54. The summed E-state index contributed by atoms with van der Waals surface area (Å²) in [5.74, 6) is -2.54. The van der Waals surface area contributed by atoms with Crippen molar-refractivity contribution in [2.45, 2.75) is 34.6 Å². The number of imide groups is 1. The van der Waals surface area contributed by atoms with Gasteiger partial charge in [-0.05, 0) is 42.1 Å². The fourth-order valence-electron chi connectivity index (χ4n) is 3.39. The molecule has 180 valence electrons. The minimum absolute atomic E-state index is 0.115. The van der Waals surface area contributed by atoms with Crippen LogP contribution in [0, 0.1) is 18.8 Å². The topological polar surface area (TPSA) is 94.9 Å². The predicted molar refractivity (Wildman–Crippen MR) is 132 cm³/mol. The summed E-state index contributed by atoms with van der Waals surface area (Å²) < 4.78 is 12.2. The first-order chi connectivity index (χ1) is 16.0. The van der Waals surface area contributed by atoms with Gasteiger partial charge < -0.3 is 14.0 Å². The van der Waals surface area contributed by atoms with Crippen LogP contribution in [0.4, 0.5) is 5.69 Å². The quantitative estimate of drug-likeness (QED) is 0.484. The van der Waals surface area contributed by atoms with E-state index >= 15 is 0 Å². The Balaban J connectivity index is 2.32. The molecule has 9 heteroatoms. The van der Waals surface area contributed by atoms with E-state index in [1.165, 1.54) is 23.0 Å². The number of rotatable bonds is 6. The van der Waals surface area contributed by atoms with Crippen molar-refractivity contribution in [1.29, 1.82) is 0 Å². The highest BCUT2D eigenvalue weighted by Crippen LogP contribution is 2.36. The molecule has 0 radical (unpaired) electrons. The number of fused-ring (bicyclic) bond motifs is 1. The summed E-state index contributed by atoms with van der Waals surface area (Å²) in [6, 6.07) is 6.37. The number of pyridine rings is 1. The molecule has 0 fully saturated rings. The van der Waals surface area contributed by atoms with E-state index in [9.17, 15) is 19.2 Å². The Kier molecular flexibility index (Phi) is 7.26. The van der Waals surface area contributed by atoms with E-state index in [2.05, 4.69) is 0 Å². The van der Waals surface area contributed by atoms with Crippen molar-refractivity contribution in [3.8, 4) is 11.5 Å². The van der Waals surface area contributed by atoms with Gasteiger partial charge in [0.25, 0.3) is 11.5 Å². The highest BCUT2D eigenvalue weighted by Gasteiger charge is 2.34. The molecule has 34 heavy (non-hydrogen) atoms. The van der Waals surface area contributed by atoms with Gasteiger partial charge in [-0.25, -0.2) is 4.90 Å². The van der Waals surface area contributed by atoms with E-state index in [0.717, 1.165) is 10.5 Å². The summed E-state index contributed by atoms with van der Waals surface area (Å²) in [4.78, 5) is 54.7. The van der Waals surface area contributed by atoms with Crippen LogP contribution in [0.3, 0.4) is 0 Å². The van der Waals surface area contributed by atoms with E-state index in [-0.39, 0.29) is 17.0 Å². The fourth-order valence-corrected chi connectivity index (χ4v) is 4.41. The normalized spacial score (nSPS) is 11.2. The largest absolute Gasteiger partial charge is 0.497 e. The molecule has 2 amide bonds. The van der Waals surface area contributed by atoms with Crippen LogP contribution < -0.4 is 19.9 Å². The van der Waals surface area contributed by atoms with E-state index in [4.69, 9.17) is 9.47 Å². The number of anilines is 1. The first-order valence-electron chi connectivity index (χ1n) is 10.8. The molecule has 0 aliphatic rings. The number of nitrogens with zero attached hydrogens (tertiary/aromatic N) is 2. The monoisotopic (exact) mass is 484 g/mol. The average molecular weight is 485 g/mol. The highest BCUT2D eigenvalue weighted by atomic mass is 32.1. The molecule has 8 nitrogen and oxygen atoms in total. The summed E-state index contributed by atoms with van der Waals surface area (Å²) in [6.45, 7) is 8.46. The van der Waals surface area contributed by atoms with Gasteiger partial charge in [-0.15, -0.1) is 11.3 Å². The highest BCUT2D eigenvalue weighted by molar-refractivity contribution is 7.17. The number of thiophene rings is 1. The fraction of sp³-hybridized carbons (Fsp3) is 0.360. The third-order valence-electron chi connectivity index (χ3n) is 5.37. The number of esters is 1. The first kappa shape index (κ1) is 25.2. The van der Waals surface area contributed by atoms with Gasteiger partial charge in [-0.1, -0.05) is 27.7 Å². The molecule has 0 atom stereocenters. The summed E-state index contributed by atoms with van der Waals surface area (Å²) >= 11 is 1.31. The number of benzene rings is 1. The molecule has 0 spiro atoms. The van der Waals surface area contributed by atoms with Gasteiger partial charge >= 0.3 is 5.97 Å². The van der Waals surface area contributed by atoms with Crippen LogP contribution in [0.25, 0.3) is 10.2 Å².